The van der Waals surface area contributed by atoms with Gasteiger partial charge in [0.05, 0.1) is 20.6 Å². The molecule has 1 aliphatic heterocycles. The largest absolute Gasteiger partial charge is 0.507 e. The van der Waals surface area contributed by atoms with Gasteiger partial charge in [-0.3, -0.25) is 5.43 Å². The van der Waals surface area contributed by atoms with Crippen molar-refractivity contribution >= 4 is 39.1 Å². The van der Waals surface area contributed by atoms with E-state index in [1.165, 1.54) is 0 Å². The smallest absolute Gasteiger partial charge is 0.134 e. The van der Waals surface area contributed by atoms with E-state index < -0.39 is 0 Å². The van der Waals surface area contributed by atoms with Crippen molar-refractivity contribution in [2.24, 2.45) is 0 Å². The summed E-state index contributed by atoms with van der Waals surface area (Å²) in [5.41, 5.74) is 7.88. The zero-order chi connectivity index (χ0) is 21.1. The molecular weight excluding hydrogens is 491 g/mol. The molecule has 4 rings (SSSR count). The van der Waals surface area contributed by atoms with Crippen LogP contribution in [0.15, 0.2) is 65.1 Å². The van der Waals surface area contributed by atoms with Crippen molar-refractivity contribution in [3.8, 4) is 17.2 Å². The average Bonchev–Trinajstić information content (AvgIpc) is 3.18. The van der Waals surface area contributed by atoms with Gasteiger partial charge in [0.25, 0.3) is 0 Å². The first-order valence-corrected chi connectivity index (χ1v) is 10.9. The number of halogens is 3. The average molecular weight is 510 g/mol. The summed E-state index contributed by atoms with van der Waals surface area (Å²) in [7, 11) is 0. The van der Waals surface area contributed by atoms with Crippen LogP contribution in [0.5, 0.6) is 17.2 Å². The van der Waals surface area contributed by atoms with Crippen molar-refractivity contribution in [3.63, 3.8) is 0 Å². The number of hydrogen-bond donors (Lipinski definition) is 3. The van der Waals surface area contributed by atoms with Gasteiger partial charge in [0.2, 0.25) is 0 Å². The van der Waals surface area contributed by atoms with E-state index in [0.29, 0.717) is 28.9 Å². The summed E-state index contributed by atoms with van der Waals surface area (Å²) < 4.78 is 12.8. The van der Waals surface area contributed by atoms with Crippen molar-refractivity contribution in [1.82, 2.24) is 10.9 Å². The molecule has 0 aromatic heterocycles. The van der Waals surface area contributed by atoms with Crippen LogP contribution in [0, 0.1) is 0 Å². The highest BCUT2D eigenvalue weighted by atomic mass is 79.9. The van der Waals surface area contributed by atoms with E-state index in [4.69, 9.17) is 32.7 Å². The van der Waals surface area contributed by atoms with Gasteiger partial charge in [0.15, 0.2) is 0 Å². The van der Waals surface area contributed by atoms with E-state index in [0.717, 1.165) is 21.3 Å². The SMILES string of the molecule is Oc1cc(OCc2ccc(Cl)c(Cl)c2)ccc1C1NNCC1Oc1ccccc1Br. The van der Waals surface area contributed by atoms with Crippen molar-refractivity contribution < 1.29 is 14.6 Å². The highest BCUT2D eigenvalue weighted by molar-refractivity contribution is 9.10. The van der Waals surface area contributed by atoms with Crippen LogP contribution in [0.25, 0.3) is 0 Å². The fraction of sp³-hybridized carbons (Fsp3) is 0.182. The number of phenols is 1. The predicted octanol–water partition coefficient (Wildman–Crippen LogP) is 5.64. The Balaban J connectivity index is 1.45. The monoisotopic (exact) mass is 508 g/mol. The number of benzene rings is 3. The van der Waals surface area contributed by atoms with Crippen LogP contribution in [-0.4, -0.2) is 17.8 Å². The van der Waals surface area contributed by atoms with Gasteiger partial charge in [-0.05, 0) is 57.9 Å². The molecular formula is C22H19BrCl2N2O3. The molecule has 1 aliphatic rings. The molecule has 3 N–H and O–H groups in total. The second kappa shape index (κ2) is 9.45. The summed E-state index contributed by atoms with van der Waals surface area (Å²) in [5, 5.41) is 11.6. The van der Waals surface area contributed by atoms with Gasteiger partial charge in [-0.15, -0.1) is 0 Å². The molecule has 30 heavy (non-hydrogen) atoms. The van der Waals surface area contributed by atoms with Gasteiger partial charge in [0, 0.05) is 18.2 Å². The van der Waals surface area contributed by atoms with E-state index in [1.807, 2.05) is 42.5 Å². The number of ether oxygens (including phenoxy) is 2. The van der Waals surface area contributed by atoms with Crippen LogP contribution < -0.4 is 20.3 Å². The number of phenolic OH excluding ortho intramolecular Hbond substituents is 1. The fourth-order valence-electron chi connectivity index (χ4n) is 3.24. The summed E-state index contributed by atoms with van der Waals surface area (Å²) in [6, 6.07) is 18.1. The zero-order valence-corrected chi connectivity index (χ0v) is 18.8. The molecule has 2 unspecified atom stereocenters. The number of aromatic hydroxyl groups is 1. The lowest BCUT2D eigenvalue weighted by molar-refractivity contribution is 0.194. The van der Waals surface area contributed by atoms with Crippen molar-refractivity contribution in [3.05, 3.63) is 86.3 Å². The summed E-state index contributed by atoms with van der Waals surface area (Å²) in [6.07, 6.45) is -0.197. The van der Waals surface area contributed by atoms with E-state index in [2.05, 4.69) is 26.8 Å². The minimum atomic E-state index is -0.221. The summed E-state index contributed by atoms with van der Waals surface area (Å²) in [6.45, 7) is 0.910. The quantitative estimate of drug-likeness (QED) is 0.401. The molecule has 156 valence electrons. The normalized spacial score (nSPS) is 18.4. The third-order valence-corrected chi connectivity index (χ3v) is 6.17. The predicted molar refractivity (Wildman–Crippen MR) is 121 cm³/mol. The number of hydrogen-bond acceptors (Lipinski definition) is 5. The van der Waals surface area contributed by atoms with Crippen LogP contribution in [0.1, 0.15) is 17.2 Å². The number of para-hydroxylation sites is 1. The maximum Gasteiger partial charge on any atom is 0.134 e. The molecule has 5 nitrogen and oxygen atoms in total. The first-order valence-electron chi connectivity index (χ1n) is 9.30. The van der Waals surface area contributed by atoms with Gasteiger partial charge in [-0.2, -0.15) is 0 Å². The maximum absolute atomic E-state index is 10.6. The van der Waals surface area contributed by atoms with Crippen molar-refractivity contribution in [1.29, 1.82) is 0 Å². The lowest BCUT2D eigenvalue weighted by Crippen LogP contribution is -2.28. The molecule has 2 atom stereocenters. The molecule has 3 aromatic rings. The molecule has 3 aromatic carbocycles. The standard InChI is InChI=1S/C22H19BrCl2N2O3/c23-16-3-1-2-4-20(16)30-21-11-26-27-22(21)15-7-6-14(10-19(15)28)29-12-13-5-8-17(24)18(25)9-13/h1-10,21-22,26-28H,11-12H2. The molecule has 0 spiro atoms. The molecule has 0 aliphatic carbocycles. The molecule has 0 amide bonds. The molecule has 1 fully saturated rings. The van der Waals surface area contributed by atoms with Crippen LogP contribution in [0.2, 0.25) is 10.0 Å². The first-order chi connectivity index (χ1) is 14.5. The first kappa shape index (κ1) is 21.3. The third-order valence-electron chi connectivity index (χ3n) is 4.77. The zero-order valence-electron chi connectivity index (χ0n) is 15.7. The summed E-state index contributed by atoms with van der Waals surface area (Å²) in [4.78, 5) is 0. The Bertz CT molecular complexity index is 1050. The van der Waals surface area contributed by atoms with Gasteiger partial charge < -0.3 is 14.6 Å². The highest BCUT2D eigenvalue weighted by Gasteiger charge is 2.32. The van der Waals surface area contributed by atoms with Crippen LogP contribution >= 0.6 is 39.1 Å². The van der Waals surface area contributed by atoms with Crippen LogP contribution in [0.4, 0.5) is 0 Å². The van der Waals surface area contributed by atoms with Crippen molar-refractivity contribution in [2.45, 2.75) is 18.8 Å². The van der Waals surface area contributed by atoms with E-state index >= 15 is 0 Å². The Morgan fingerprint density at radius 1 is 1.03 bits per heavy atom. The number of nitrogens with one attached hydrogen (secondary N) is 2. The minimum absolute atomic E-state index is 0.128. The molecule has 0 radical (unpaired) electrons. The Morgan fingerprint density at radius 2 is 1.87 bits per heavy atom. The van der Waals surface area contributed by atoms with Gasteiger partial charge >= 0.3 is 0 Å². The minimum Gasteiger partial charge on any atom is -0.507 e. The Hall–Kier alpha value is -1.96. The topological polar surface area (TPSA) is 62.8 Å². The molecule has 1 saturated heterocycles. The van der Waals surface area contributed by atoms with E-state index in [1.54, 1.807) is 18.2 Å². The lowest BCUT2D eigenvalue weighted by atomic mass is 10.0. The van der Waals surface area contributed by atoms with Crippen molar-refractivity contribution in [2.75, 3.05) is 6.54 Å². The maximum atomic E-state index is 10.6. The van der Waals surface area contributed by atoms with Gasteiger partial charge in [0.1, 0.15) is 30.0 Å². The van der Waals surface area contributed by atoms with E-state index in [-0.39, 0.29) is 17.9 Å². The highest BCUT2D eigenvalue weighted by Crippen LogP contribution is 2.34. The Morgan fingerprint density at radius 3 is 2.63 bits per heavy atom. The van der Waals surface area contributed by atoms with Crippen LogP contribution in [0.3, 0.4) is 0 Å². The molecule has 0 saturated carbocycles. The summed E-state index contributed by atoms with van der Waals surface area (Å²) >= 11 is 15.5. The Labute approximate surface area is 193 Å². The second-order valence-electron chi connectivity index (χ2n) is 6.85. The van der Waals surface area contributed by atoms with Gasteiger partial charge in [-0.1, -0.05) is 41.4 Å². The number of rotatable bonds is 6. The van der Waals surface area contributed by atoms with E-state index in [9.17, 15) is 5.11 Å². The lowest BCUT2D eigenvalue weighted by Gasteiger charge is -2.22. The third kappa shape index (κ3) is 4.85. The van der Waals surface area contributed by atoms with Gasteiger partial charge in [-0.25, -0.2) is 5.43 Å². The second-order valence-corrected chi connectivity index (χ2v) is 8.52. The Kier molecular flexibility index (Phi) is 6.71. The summed E-state index contributed by atoms with van der Waals surface area (Å²) in [5.74, 6) is 1.43. The molecule has 1 heterocycles. The fourth-order valence-corrected chi connectivity index (χ4v) is 3.94. The molecule has 8 heteroatoms. The molecule has 0 bridgehead atoms. The number of hydrazine groups is 1. The van der Waals surface area contributed by atoms with Crippen LogP contribution in [-0.2, 0) is 6.61 Å².